The molecule has 9 nitrogen and oxygen atoms in total. The van der Waals surface area contributed by atoms with Crippen LogP contribution in [-0.4, -0.2) is 85.1 Å². The molecule has 5 rings (SSSR count). The highest BCUT2D eigenvalue weighted by atomic mass is 16.5. The number of fused-ring (bicyclic) bond motifs is 1. The summed E-state index contributed by atoms with van der Waals surface area (Å²) in [6.07, 6.45) is -0.524. The first kappa shape index (κ1) is 21.1. The fraction of sp³-hybridized carbons (Fsp3) is 0.375. The van der Waals surface area contributed by atoms with E-state index in [-0.39, 0.29) is 5.91 Å². The summed E-state index contributed by atoms with van der Waals surface area (Å²) in [6.45, 7) is 3.76. The van der Waals surface area contributed by atoms with Crippen molar-refractivity contribution in [1.29, 1.82) is 0 Å². The van der Waals surface area contributed by atoms with E-state index in [1.165, 1.54) is 4.90 Å². The van der Waals surface area contributed by atoms with Gasteiger partial charge in [0.05, 0.1) is 7.11 Å². The average Bonchev–Trinajstić information content (AvgIpc) is 3.23. The Kier molecular flexibility index (Phi) is 5.53. The third-order valence-corrected chi connectivity index (χ3v) is 6.53. The van der Waals surface area contributed by atoms with Crippen molar-refractivity contribution >= 4 is 23.6 Å². The van der Waals surface area contributed by atoms with Gasteiger partial charge in [-0.3, -0.25) is 10.1 Å². The van der Waals surface area contributed by atoms with Crippen LogP contribution in [0, 0.1) is 0 Å². The van der Waals surface area contributed by atoms with Crippen molar-refractivity contribution in [2.24, 2.45) is 4.99 Å². The Morgan fingerprint density at radius 3 is 2.30 bits per heavy atom. The van der Waals surface area contributed by atoms with Gasteiger partial charge >= 0.3 is 6.03 Å². The maximum atomic E-state index is 12.8. The molecule has 0 aliphatic carbocycles. The van der Waals surface area contributed by atoms with Gasteiger partial charge in [0.2, 0.25) is 0 Å². The van der Waals surface area contributed by atoms with Gasteiger partial charge in [-0.1, -0.05) is 30.3 Å². The number of rotatable bonds is 4. The normalized spacial score (nSPS) is 22.8. The summed E-state index contributed by atoms with van der Waals surface area (Å²) in [5, 5.41) is 2.47. The number of amides is 3. The predicted octanol–water partition coefficient (Wildman–Crippen LogP) is 1.57. The molecule has 3 heterocycles. The van der Waals surface area contributed by atoms with E-state index in [0.29, 0.717) is 6.54 Å². The SMILES string of the molecule is COc1ccc(N2CCN(C3=NC4C(C(=O)NC(=O)N4C)N3Cc3ccccc3)CC2)cc1. The Labute approximate surface area is 193 Å². The minimum Gasteiger partial charge on any atom is -0.497 e. The molecule has 9 heteroatoms. The molecular weight excluding hydrogens is 420 g/mol. The number of aliphatic imine (C=N–C) groups is 1. The first-order valence-electron chi connectivity index (χ1n) is 11.1. The van der Waals surface area contributed by atoms with Gasteiger partial charge in [0.1, 0.15) is 5.75 Å². The molecule has 3 aliphatic rings. The topological polar surface area (TPSA) is 80.7 Å². The van der Waals surface area contributed by atoms with Gasteiger partial charge in [-0.15, -0.1) is 0 Å². The molecule has 172 valence electrons. The highest BCUT2D eigenvalue weighted by Gasteiger charge is 2.49. The molecular formula is C24H28N6O3. The van der Waals surface area contributed by atoms with Crippen LogP contribution < -0.4 is 15.0 Å². The first-order valence-corrected chi connectivity index (χ1v) is 11.1. The zero-order valence-corrected chi connectivity index (χ0v) is 18.8. The second-order valence-electron chi connectivity index (χ2n) is 8.48. The monoisotopic (exact) mass is 448 g/mol. The molecule has 2 unspecified atom stereocenters. The maximum Gasteiger partial charge on any atom is 0.325 e. The van der Waals surface area contributed by atoms with Gasteiger partial charge in [0, 0.05) is 45.5 Å². The number of nitrogens with zero attached hydrogens (tertiary/aromatic N) is 5. The van der Waals surface area contributed by atoms with E-state index < -0.39 is 18.2 Å². The number of imide groups is 1. The second-order valence-corrected chi connectivity index (χ2v) is 8.48. The molecule has 2 atom stereocenters. The molecule has 0 spiro atoms. The van der Waals surface area contributed by atoms with Crippen LogP contribution in [0.25, 0.3) is 0 Å². The number of hydrogen-bond donors (Lipinski definition) is 1. The Morgan fingerprint density at radius 1 is 0.970 bits per heavy atom. The molecule has 0 radical (unpaired) electrons. The zero-order valence-electron chi connectivity index (χ0n) is 18.8. The summed E-state index contributed by atoms with van der Waals surface area (Å²) in [5.41, 5.74) is 2.25. The molecule has 0 aromatic heterocycles. The summed E-state index contributed by atoms with van der Waals surface area (Å²) >= 11 is 0. The number of anilines is 1. The molecule has 0 saturated carbocycles. The van der Waals surface area contributed by atoms with Crippen molar-refractivity contribution in [3.05, 3.63) is 60.2 Å². The highest BCUT2D eigenvalue weighted by Crippen LogP contribution is 2.28. The van der Waals surface area contributed by atoms with Gasteiger partial charge in [0.25, 0.3) is 5.91 Å². The lowest BCUT2D eigenvalue weighted by Crippen LogP contribution is -2.64. The van der Waals surface area contributed by atoms with Crippen molar-refractivity contribution in [3.63, 3.8) is 0 Å². The first-order chi connectivity index (χ1) is 16.0. The number of carbonyl (C=O) groups is 2. The maximum absolute atomic E-state index is 12.8. The quantitative estimate of drug-likeness (QED) is 0.765. The number of likely N-dealkylation sites (N-methyl/N-ethyl adjacent to an activating group) is 1. The summed E-state index contributed by atoms with van der Waals surface area (Å²) in [4.78, 5) is 38.1. The molecule has 0 bridgehead atoms. The van der Waals surface area contributed by atoms with Crippen LogP contribution in [0.1, 0.15) is 5.56 Å². The van der Waals surface area contributed by atoms with Crippen LogP contribution >= 0.6 is 0 Å². The Morgan fingerprint density at radius 2 is 1.64 bits per heavy atom. The number of guanidine groups is 1. The zero-order chi connectivity index (χ0) is 22.9. The minimum absolute atomic E-state index is 0.297. The molecule has 2 aromatic carbocycles. The lowest BCUT2D eigenvalue weighted by atomic mass is 10.1. The summed E-state index contributed by atoms with van der Waals surface area (Å²) in [6, 6.07) is 17.2. The molecule has 2 fully saturated rings. The number of nitrogens with one attached hydrogen (secondary N) is 1. The number of urea groups is 1. The van der Waals surface area contributed by atoms with Gasteiger partial charge < -0.3 is 24.3 Å². The van der Waals surface area contributed by atoms with Crippen molar-refractivity contribution in [3.8, 4) is 5.75 Å². The Hall–Kier alpha value is -3.75. The van der Waals surface area contributed by atoms with Gasteiger partial charge in [-0.05, 0) is 29.8 Å². The van der Waals surface area contributed by atoms with E-state index >= 15 is 0 Å². The van der Waals surface area contributed by atoms with Crippen molar-refractivity contribution < 1.29 is 14.3 Å². The Balaban J connectivity index is 1.36. The predicted molar refractivity (Wildman–Crippen MR) is 125 cm³/mol. The number of methoxy groups -OCH3 is 1. The summed E-state index contributed by atoms with van der Waals surface area (Å²) in [7, 11) is 3.36. The summed E-state index contributed by atoms with van der Waals surface area (Å²) in [5.74, 6) is 1.32. The van der Waals surface area contributed by atoms with Gasteiger partial charge in [-0.2, -0.15) is 0 Å². The van der Waals surface area contributed by atoms with E-state index in [1.807, 2.05) is 47.4 Å². The third kappa shape index (κ3) is 3.94. The van der Waals surface area contributed by atoms with Crippen LogP contribution in [0.3, 0.4) is 0 Å². The molecule has 3 amide bonds. The largest absolute Gasteiger partial charge is 0.497 e. The number of hydrogen-bond acceptors (Lipinski definition) is 7. The third-order valence-electron chi connectivity index (χ3n) is 6.53. The van der Waals surface area contributed by atoms with Crippen LogP contribution in [0.5, 0.6) is 5.75 Å². The fourth-order valence-electron chi connectivity index (χ4n) is 4.68. The molecule has 2 saturated heterocycles. The van der Waals surface area contributed by atoms with Crippen molar-refractivity contribution in [2.45, 2.75) is 18.8 Å². The van der Waals surface area contributed by atoms with E-state index in [9.17, 15) is 9.59 Å². The number of piperazine rings is 1. The van der Waals surface area contributed by atoms with E-state index in [2.05, 4.69) is 27.2 Å². The van der Waals surface area contributed by atoms with Crippen LogP contribution in [0.15, 0.2) is 59.6 Å². The number of benzene rings is 2. The lowest BCUT2D eigenvalue weighted by molar-refractivity contribution is -0.127. The smallest absolute Gasteiger partial charge is 0.325 e. The Bertz CT molecular complexity index is 1050. The van der Waals surface area contributed by atoms with E-state index in [1.54, 1.807) is 14.2 Å². The highest BCUT2D eigenvalue weighted by molar-refractivity contribution is 6.03. The van der Waals surface area contributed by atoms with Crippen LogP contribution in [-0.2, 0) is 11.3 Å². The standard InChI is InChI=1S/C24H28N6O3/c1-27-21-20(22(31)26-24(27)32)30(16-17-6-4-3-5-7-17)23(25-21)29-14-12-28(13-15-29)18-8-10-19(33-2)11-9-18/h3-11,20-21H,12-16H2,1-2H3,(H,26,31,32). The van der Waals surface area contributed by atoms with Crippen LogP contribution in [0.2, 0.25) is 0 Å². The van der Waals surface area contributed by atoms with Crippen LogP contribution in [0.4, 0.5) is 10.5 Å². The lowest BCUT2D eigenvalue weighted by Gasteiger charge is -2.41. The molecule has 1 N–H and O–H groups in total. The number of carbonyl (C=O) groups excluding carboxylic acids is 2. The minimum atomic E-state index is -0.539. The van der Waals surface area contributed by atoms with Gasteiger partial charge in [-0.25, -0.2) is 9.79 Å². The summed E-state index contributed by atoms with van der Waals surface area (Å²) < 4.78 is 5.26. The fourth-order valence-corrected chi connectivity index (χ4v) is 4.68. The average molecular weight is 449 g/mol. The molecule has 3 aliphatic heterocycles. The molecule has 2 aromatic rings. The van der Waals surface area contributed by atoms with E-state index in [0.717, 1.165) is 49.1 Å². The van der Waals surface area contributed by atoms with Crippen molar-refractivity contribution in [1.82, 2.24) is 20.0 Å². The number of ether oxygens (including phenoxy) is 1. The second kappa shape index (κ2) is 8.65. The van der Waals surface area contributed by atoms with Crippen molar-refractivity contribution in [2.75, 3.05) is 45.2 Å². The molecule has 33 heavy (non-hydrogen) atoms. The van der Waals surface area contributed by atoms with Gasteiger partial charge in [0.15, 0.2) is 18.2 Å². The van der Waals surface area contributed by atoms with E-state index in [4.69, 9.17) is 9.73 Å².